The monoisotopic (exact) mass is 1500 g/mol. The van der Waals surface area contributed by atoms with Gasteiger partial charge in [-0.1, -0.05) is 296 Å². The molecule has 5 atom stereocenters. The Bertz CT molecular complexity index is 2490. The number of aliphatic hydroxyl groups excluding tert-OH is 1. The van der Waals surface area contributed by atoms with Gasteiger partial charge in [-0.2, -0.15) is 0 Å². The fourth-order valence-electron chi connectivity index (χ4n) is 10.6. The molecule has 0 aliphatic heterocycles. The molecule has 0 saturated carbocycles. The molecular formula is C85H144O17P2. The number of esters is 4. The van der Waals surface area contributed by atoms with Crippen LogP contribution in [-0.4, -0.2) is 96.7 Å². The lowest BCUT2D eigenvalue weighted by Crippen LogP contribution is -2.30. The highest BCUT2D eigenvalue weighted by Gasteiger charge is 2.30. The number of allylic oxidation sites excluding steroid dienone is 22. The summed E-state index contributed by atoms with van der Waals surface area (Å²) in [6.45, 7) is 4.48. The van der Waals surface area contributed by atoms with Crippen LogP contribution >= 0.6 is 15.6 Å². The third-order valence-electron chi connectivity index (χ3n) is 16.6. The lowest BCUT2D eigenvalue weighted by molar-refractivity contribution is -0.161. The quantitative estimate of drug-likeness (QED) is 0.0169. The van der Waals surface area contributed by atoms with Crippen LogP contribution < -0.4 is 0 Å². The number of aliphatic hydroxyl groups is 1. The molecule has 19 heteroatoms. The third kappa shape index (κ3) is 75.4. The van der Waals surface area contributed by atoms with Crippen LogP contribution in [0.15, 0.2) is 134 Å². The second kappa shape index (κ2) is 76.4. The molecule has 5 unspecified atom stereocenters. The molecule has 0 spiro atoms. The van der Waals surface area contributed by atoms with Crippen LogP contribution in [-0.2, 0) is 65.4 Å². The van der Waals surface area contributed by atoms with E-state index < -0.39 is 97.5 Å². The van der Waals surface area contributed by atoms with Crippen LogP contribution in [0.1, 0.15) is 323 Å². The molecule has 0 amide bonds. The van der Waals surface area contributed by atoms with Gasteiger partial charge >= 0.3 is 39.5 Å². The average Bonchev–Trinajstić information content (AvgIpc) is 0.918. The predicted molar refractivity (Wildman–Crippen MR) is 427 cm³/mol. The zero-order chi connectivity index (χ0) is 76.0. The largest absolute Gasteiger partial charge is 0.472 e. The predicted octanol–water partition coefficient (Wildman–Crippen LogP) is 23.7. The van der Waals surface area contributed by atoms with Crippen molar-refractivity contribution in [3.05, 3.63) is 134 Å². The van der Waals surface area contributed by atoms with Gasteiger partial charge in [0.25, 0.3) is 0 Å². The van der Waals surface area contributed by atoms with E-state index in [0.29, 0.717) is 25.7 Å². The van der Waals surface area contributed by atoms with E-state index in [1.807, 2.05) is 0 Å². The first-order chi connectivity index (χ1) is 50.7. The van der Waals surface area contributed by atoms with Crippen LogP contribution in [0.25, 0.3) is 0 Å². The summed E-state index contributed by atoms with van der Waals surface area (Å²) in [5, 5.41) is 10.6. The van der Waals surface area contributed by atoms with Crippen molar-refractivity contribution in [2.45, 2.75) is 341 Å². The summed E-state index contributed by atoms with van der Waals surface area (Å²) in [6, 6.07) is 0. The summed E-state index contributed by atoms with van der Waals surface area (Å²) in [5.74, 6) is -2.25. The summed E-state index contributed by atoms with van der Waals surface area (Å²) < 4.78 is 68.6. The minimum atomic E-state index is -4.99. The highest BCUT2D eigenvalue weighted by molar-refractivity contribution is 7.47. The second-order valence-corrected chi connectivity index (χ2v) is 29.5. The SMILES string of the molecule is CC/C=C\C/C=C\C/C=C\C/C=C\CCCCCCCCC(=O)OCC(COP(=O)(O)OCC(O)COP(=O)(O)OCC(COC(=O)CCCC/C=C\C/C=C\C/C=C\C/C=C\CC)OC(=O)CCCCCCC/C=C\C/C=C\C/C=C\CC)OC(=O)CCCCCCCCCCCCCCCCC. The molecule has 104 heavy (non-hydrogen) atoms. The summed E-state index contributed by atoms with van der Waals surface area (Å²) >= 11 is 0. The Morgan fingerprint density at radius 3 is 0.788 bits per heavy atom. The molecule has 596 valence electrons. The molecule has 3 N–H and O–H groups in total. The van der Waals surface area contributed by atoms with E-state index in [-0.39, 0.29) is 25.7 Å². The lowest BCUT2D eigenvalue weighted by atomic mass is 10.0. The van der Waals surface area contributed by atoms with Gasteiger partial charge in [-0.25, -0.2) is 9.13 Å². The fourth-order valence-corrected chi connectivity index (χ4v) is 12.1. The van der Waals surface area contributed by atoms with Crippen molar-refractivity contribution in [2.75, 3.05) is 39.6 Å². The number of phosphoric ester groups is 2. The Morgan fingerprint density at radius 2 is 0.500 bits per heavy atom. The van der Waals surface area contributed by atoms with Gasteiger partial charge in [0.2, 0.25) is 0 Å². The van der Waals surface area contributed by atoms with Gasteiger partial charge in [-0.15, -0.1) is 0 Å². The van der Waals surface area contributed by atoms with Crippen LogP contribution in [0.4, 0.5) is 0 Å². The van der Waals surface area contributed by atoms with Gasteiger partial charge in [0.05, 0.1) is 26.4 Å². The number of hydrogen-bond donors (Lipinski definition) is 3. The second-order valence-electron chi connectivity index (χ2n) is 26.6. The molecule has 0 aliphatic carbocycles. The first-order valence-electron chi connectivity index (χ1n) is 40.4. The highest BCUT2D eigenvalue weighted by Crippen LogP contribution is 2.45. The van der Waals surface area contributed by atoms with E-state index in [9.17, 15) is 43.2 Å². The van der Waals surface area contributed by atoms with Crippen molar-refractivity contribution in [3.8, 4) is 0 Å². The highest BCUT2D eigenvalue weighted by atomic mass is 31.2. The zero-order valence-electron chi connectivity index (χ0n) is 65.2. The number of hydrogen-bond acceptors (Lipinski definition) is 15. The van der Waals surface area contributed by atoms with Gasteiger partial charge in [0.1, 0.15) is 19.3 Å². The van der Waals surface area contributed by atoms with Gasteiger partial charge in [-0.05, 0) is 135 Å². The van der Waals surface area contributed by atoms with Crippen LogP contribution in [0.2, 0.25) is 0 Å². The molecule has 0 saturated heterocycles. The lowest BCUT2D eigenvalue weighted by Gasteiger charge is -2.21. The number of unbranched alkanes of at least 4 members (excludes halogenated alkanes) is 27. The molecule has 0 aliphatic rings. The van der Waals surface area contributed by atoms with E-state index in [1.165, 1.54) is 64.2 Å². The maximum atomic E-state index is 13.1. The first-order valence-corrected chi connectivity index (χ1v) is 43.4. The van der Waals surface area contributed by atoms with E-state index >= 15 is 0 Å². The Labute approximate surface area is 631 Å². The molecule has 0 heterocycles. The number of carbonyl (C=O) groups is 4. The number of phosphoric acid groups is 2. The van der Waals surface area contributed by atoms with Gasteiger partial charge < -0.3 is 33.8 Å². The summed E-state index contributed by atoms with van der Waals surface area (Å²) in [5.41, 5.74) is 0. The summed E-state index contributed by atoms with van der Waals surface area (Å²) in [4.78, 5) is 73.1. The van der Waals surface area contributed by atoms with E-state index in [4.69, 9.17) is 37.0 Å². The van der Waals surface area contributed by atoms with Crippen molar-refractivity contribution in [1.82, 2.24) is 0 Å². The van der Waals surface area contributed by atoms with Crippen molar-refractivity contribution in [3.63, 3.8) is 0 Å². The Balaban J connectivity index is 5.40. The summed E-state index contributed by atoms with van der Waals surface area (Å²) in [7, 11) is -9.98. The van der Waals surface area contributed by atoms with Crippen molar-refractivity contribution >= 4 is 39.5 Å². The summed E-state index contributed by atoms with van der Waals surface area (Å²) in [6.07, 6.45) is 85.7. The number of ether oxygens (including phenoxy) is 4. The van der Waals surface area contributed by atoms with Gasteiger partial charge in [-0.3, -0.25) is 37.3 Å². The van der Waals surface area contributed by atoms with Crippen LogP contribution in [0.5, 0.6) is 0 Å². The molecule has 0 aromatic rings. The van der Waals surface area contributed by atoms with Gasteiger partial charge in [0, 0.05) is 25.7 Å². The Hall–Kier alpha value is -4.80. The number of rotatable bonds is 75. The molecular weight excluding hydrogens is 1350 g/mol. The topological polar surface area (TPSA) is 237 Å². The normalized spacial score (nSPS) is 14.6. The van der Waals surface area contributed by atoms with Crippen molar-refractivity contribution < 1.29 is 80.2 Å². The molecule has 0 aromatic carbocycles. The standard InChI is InChI=1S/C85H144O17P2/c1-5-9-13-17-21-25-29-33-37-38-39-40-44-46-50-54-58-62-66-70-83(88)96-76-81(102-85(90)72-68-64-60-56-52-48-43-36-32-28-24-20-16-12-8-4)78-100-104(93,94)98-74-79(86)73-97-103(91,92)99-77-80(101-84(89)71-67-63-59-55-51-47-42-35-31-27-23-19-15-11-7-3)75-95-82(87)69-65-61-57-53-49-45-41-34-30-26-22-18-14-10-6-2/h9-11,13-15,21-23,25-27,33-35,37,39-42,49,53,79-81,86H,5-8,12,16-20,24,28-32,36,38,43-48,50-52,54-78H2,1-4H3,(H,91,92)(H,93,94)/b13-9-,14-10-,15-11-,25-21-,26-22-,27-23-,37-33-,40-39-,41-34-,42-35-,53-49-. The minimum absolute atomic E-state index is 0.0635. The molecule has 0 radical (unpaired) electrons. The molecule has 0 rings (SSSR count). The third-order valence-corrected chi connectivity index (χ3v) is 18.5. The Kier molecular flexibility index (Phi) is 72.9. The first kappa shape index (κ1) is 99.2. The molecule has 0 aromatic heterocycles. The van der Waals surface area contributed by atoms with Crippen molar-refractivity contribution in [2.24, 2.45) is 0 Å². The zero-order valence-corrected chi connectivity index (χ0v) is 66.9. The maximum Gasteiger partial charge on any atom is 0.472 e. The van der Waals surface area contributed by atoms with Crippen LogP contribution in [0.3, 0.4) is 0 Å². The molecule has 0 bridgehead atoms. The molecule has 0 fully saturated rings. The Morgan fingerprint density at radius 1 is 0.279 bits per heavy atom. The van der Waals surface area contributed by atoms with Crippen molar-refractivity contribution in [1.29, 1.82) is 0 Å². The van der Waals surface area contributed by atoms with Gasteiger partial charge in [0.15, 0.2) is 12.2 Å². The maximum absolute atomic E-state index is 13.1. The molecule has 17 nitrogen and oxygen atoms in total. The number of carbonyl (C=O) groups excluding carboxylic acids is 4. The van der Waals surface area contributed by atoms with E-state index in [1.54, 1.807) is 0 Å². The van der Waals surface area contributed by atoms with E-state index in [0.717, 1.165) is 180 Å². The average molecular weight is 1500 g/mol. The minimum Gasteiger partial charge on any atom is -0.462 e. The smallest absolute Gasteiger partial charge is 0.462 e. The van der Waals surface area contributed by atoms with E-state index in [2.05, 4.69) is 161 Å². The van der Waals surface area contributed by atoms with Crippen LogP contribution in [0, 0.1) is 0 Å². The fraction of sp³-hybridized carbons (Fsp3) is 0.694.